The predicted octanol–water partition coefficient (Wildman–Crippen LogP) is 3.61. The molecule has 0 N–H and O–H groups in total. The molecule has 3 rings (SSSR count). The van der Waals surface area contributed by atoms with Crippen LogP contribution in [-0.2, 0) is 0 Å². The molecular weight excluding hydrogens is 220 g/mol. The zero-order valence-corrected chi connectivity index (χ0v) is 9.75. The summed E-state index contributed by atoms with van der Waals surface area (Å²) in [6, 6.07) is 20.2. The van der Waals surface area contributed by atoms with Gasteiger partial charge in [0.05, 0.1) is 5.69 Å². The van der Waals surface area contributed by atoms with E-state index in [1.165, 1.54) is 6.33 Å². The number of hydrogen-bond acceptors (Lipinski definition) is 2. The van der Waals surface area contributed by atoms with Gasteiger partial charge < -0.3 is 0 Å². The Kier molecular flexibility index (Phi) is 2.84. The lowest BCUT2D eigenvalue weighted by Gasteiger charge is -2.07. The summed E-state index contributed by atoms with van der Waals surface area (Å²) in [6.07, 6.45) is 4.58. The Bertz CT molecular complexity index is 575. The molecule has 1 heterocycles. The van der Waals surface area contributed by atoms with Crippen LogP contribution in [0.4, 0.5) is 0 Å². The standard InChI is InChI=1S/C16H11N2/c1-3-7-13(8-4-1)15-11-17-12-18-16(15)14-9-5-2-6-10-14/h1-10,12H. The van der Waals surface area contributed by atoms with E-state index in [0.29, 0.717) is 0 Å². The van der Waals surface area contributed by atoms with Crippen molar-refractivity contribution in [1.82, 2.24) is 9.97 Å². The number of rotatable bonds is 2. The Balaban J connectivity index is 2.18. The first-order valence-corrected chi connectivity index (χ1v) is 5.78. The van der Waals surface area contributed by atoms with Crippen molar-refractivity contribution in [2.45, 2.75) is 0 Å². The van der Waals surface area contributed by atoms with Gasteiger partial charge in [-0.05, 0) is 5.56 Å². The molecular formula is C16H11N2. The summed E-state index contributed by atoms with van der Waals surface area (Å²) >= 11 is 0. The number of hydrogen-bond donors (Lipinski definition) is 0. The van der Waals surface area contributed by atoms with Crippen LogP contribution in [0.15, 0.2) is 67.0 Å². The lowest BCUT2D eigenvalue weighted by Crippen LogP contribution is -1.90. The van der Waals surface area contributed by atoms with Crippen molar-refractivity contribution in [1.29, 1.82) is 0 Å². The zero-order chi connectivity index (χ0) is 12.2. The zero-order valence-electron chi connectivity index (χ0n) is 9.75. The summed E-state index contributed by atoms with van der Waals surface area (Å²) in [7, 11) is 0. The van der Waals surface area contributed by atoms with Crippen molar-refractivity contribution in [3.05, 3.63) is 73.2 Å². The highest BCUT2D eigenvalue weighted by Gasteiger charge is 2.08. The van der Waals surface area contributed by atoms with Gasteiger partial charge >= 0.3 is 0 Å². The highest BCUT2D eigenvalue weighted by Crippen LogP contribution is 2.28. The van der Waals surface area contributed by atoms with E-state index in [1.54, 1.807) is 0 Å². The molecule has 18 heavy (non-hydrogen) atoms. The molecule has 0 saturated heterocycles. The third kappa shape index (κ3) is 2.00. The predicted molar refractivity (Wildman–Crippen MR) is 71.7 cm³/mol. The molecule has 3 aromatic rings. The summed E-state index contributed by atoms with van der Waals surface area (Å²) in [6.45, 7) is 0. The van der Waals surface area contributed by atoms with Gasteiger partial charge in [0.1, 0.15) is 12.5 Å². The van der Waals surface area contributed by atoms with Gasteiger partial charge in [-0.25, -0.2) is 9.97 Å². The molecule has 0 atom stereocenters. The first-order chi connectivity index (χ1) is 8.95. The highest BCUT2D eigenvalue weighted by molar-refractivity contribution is 5.79. The van der Waals surface area contributed by atoms with E-state index in [9.17, 15) is 0 Å². The molecule has 1 aromatic heterocycles. The molecule has 1 radical (unpaired) electrons. The molecule has 0 aliphatic rings. The maximum absolute atomic E-state index is 4.38. The molecule has 0 bridgehead atoms. The quantitative estimate of drug-likeness (QED) is 0.673. The summed E-state index contributed by atoms with van der Waals surface area (Å²) < 4.78 is 0. The maximum Gasteiger partial charge on any atom is 0.116 e. The topological polar surface area (TPSA) is 25.8 Å². The number of benzene rings is 2. The smallest absolute Gasteiger partial charge is 0.116 e. The average molecular weight is 231 g/mol. The normalized spacial score (nSPS) is 10.2. The van der Waals surface area contributed by atoms with Crippen molar-refractivity contribution >= 4 is 0 Å². The van der Waals surface area contributed by atoms with Crippen LogP contribution >= 0.6 is 0 Å². The second kappa shape index (κ2) is 4.80. The SMILES string of the molecule is [c]1ncnc(-c2ccccc2)c1-c1ccccc1. The van der Waals surface area contributed by atoms with Crippen LogP contribution in [-0.4, -0.2) is 9.97 Å². The van der Waals surface area contributed by atoms with Gasteiger partial charge in [-0.3, -0.25) is 0 Å². The molecule has 0 fully saturated rings. The molecule has 0 aliphatic heterocycles. The van der Waals surface area contributed by atoms with E-state index >= 15 is 0 Å². The summed E-state index contributed by atoms with van der Waals surface area (Å²) in [5.74, 6) is 0. The highest BCUT2D eigenvalue weighted by atomic mass is 14.8. The van der Waals surface area contributed by atoms with E-state index in [-0.39, 0.29) is 0 Å². The van der Waals surface area contributed by atoms with Crippen molar-refractivity contribution in [3.8, 4) is 22.4 Å². The minimum absolute atomic E-state index is 0.914. The molecule has 85 valence electrons. The van der Waals surface area contributed by atoms with Gasteiger partial charge in [-0.15, -0.1) is 0 Å². The molecule has 2 nitrogen and oxygen atoms in total. The van der Waals surface area contributed by atoms with Crippen LogP contribution in [0.2, 0.25) is 0 Å². The lowest BCUT2D eigenvalue weighted by atomic mass is 10.0. The van der Waals surface area contributed by atoms with Gasteiger partial charge in [0, 0.05) is 11.1 Å². The maximum atomic E-state index is 4.38. The summed E-state index contributed by atoms with van der Waals surface area (Å²) in [5, 5.41) is 0. The van der Waals surface area contributed by atoms with Crippen LogP contribution in [0.1, 0.15) is 0 Å². The fourth-order valence-electron chi connectivity index (χ4n) is 1.92. The Morgan fingerprint density at radius 1 is 0.722 bits per heavy atom. The minimum atomic E-state index is 0.914. The lowest BCUT2D eigenvalue weighted by molar-refractivity contribution is 1.16. The first kappa shape index (κ1) is 10.7. The van der Waals surface area contributed by atoms with Crippen LogP contribution in [0.5, 0.6) is 0 Å². The third-order valence-electron chi connectivity index (χ3n) is 2.77. The summed E-state index contributed by atoms with van der Waals surface area (Å²) in [4.78, 5) is 8.39. The molecule has 0 aliphatic carbocycles. The first-order valence-electron chi connectivity index (χ1n) is 5.78. The Morgan fingerprint density at radius 2 is 1.33 bits per heavy atom. The van der Waals surface area contributed by atoms with E-state index in [1.807, 2.05) is 60.7 Å². The molecule has 0 saturated carbocycles. The van der Waals surface area contributed by atoms with E-state index in [4.69, 9.17) is 0 Å². The van der Waals surface area contributed by atoms with E-state index < -0.39 is 0 Å². The Hall–Kier alpha value is -2.48. The van der Waals surface area contributed by atoms with Gasteiger partial charge in [0.15, 0.2) is 0 Å². The molecule has 2 heteroatoms. The van der Waals surface area contributed by atoms with Crippen molar-refractivity contribution in [2.75, 3.05) is 0 Å². The van der Waals surface area contributed by atoms with Crippen molar-refractivity contribution < 1.29 is 0 Å². The van der Waals surface area contributed by atoms with Crippen molar-refractivity contribution in [3.63, 3.8) is 0 Å². The Morgan fingerprint density at radius 3 is 2.00 bits per heavy atom. The van der Waals surface area contributed by atoms with Crippen LogP contribution in [0.3, 0.4) is 0 Å². The second-order valence-corrected chi connectivity index (χ2v) is 3.94. The number of aromatic nitrogens is 2. The average Bonchev–Trinajstić information content (AvgIpc) is 2.49. The van der Waals surface area contributed by atoms with Gasteiger partial charge in [0.2, 0.25) is 0 Å². The van der Waals surface area contributed by atoms with Crippen LogP contribution in [0.25, 0.3) is 22.4 Å². The van der Waals surface area contributed by atoms with E-state index in [2.05, 4.69) is 16.2 Å². The monoisotopic (exact) mass is 231 g/mol. The molecule has 2 aromatic carbocycles. The minimum Gasteiger partial charge on any atom is -0.236 e. The third-order valence-corrected chi connectivity index (χ3v) is 2.77. The second-order valence-electron chi connectivity index (χ2n) is 3.94. The van der Waals surface area contributed by atoms with Gasteiger partial charge in [-0.2, -0.15) is 0 Å². The van der Waals surface area contributed by atoms with Crippen LogP contribution in [0, 0.1) is 6.20 Å². The molecule has 0 spiro atoms. The molecule has 0 unspecified atom stereocenters. The molecule has 0 amide bonds. The fourth-order valence-corrected chi connectivity index (χ4v) is 1.92. The van der Waals surface area contributed by atoms with Gasteiger partial charge in [0.25, 0.3) is 0 Å². The Labute approximate surface area is 106 Å². The fraction of sp³-hybridized carbons (Fsp3) is 0. The number of nitrogens with zero attached hydrogens (tertiary/aromatic N) is 2. The van der Waals surface area contributed by atoms with E-state index in [0.717, 1.165) is 22.4 Å². The van der Waals surface area contributed by atoms with Crippen molar-refractivity contribution in [2.24, 2.45) is 0 Å². The summed E-state index contributed by atoms with van der Waals surface area (Å²) in [5.41, 5.74) is 4.01. The largest absolute Gasteiger partial charge is 0.236 e. The van der Waals surface area contributed by atoms with Gasteiger partial charge in [-0.1, -0.05) is 60.7 Å². The van der Waals surface area contributed by atoms with Crippen LogP contribution < -0.4 is 0 Å².